The van der Waals surface area contributed by atoms with Crippen molar-refractivity contribution in [1.29, 1.82) is 0 Å². The molecule has 1 aromatic carbocycles. The first-order valence-electron chi connectivity index (χ1n) is 3.51. The van der Waals surface area contributed by atoms with E-state index in [0.29, 0.717) is 0 Å². The van der Waals surface area contributed by atoms with Gasteiger partial charge >= 0.3 is 0 Å². The number of aromatic hydroxyl groups is 1. The van der Waals surface area contributed by atoms with Crippen molar-refractivity contribution < 1.29 is 14.7 Å². The number of phenolic OH excluding ortho intramolecular Hbond substituents is 1. The molecule has 70 valence electrons. The maximum atomic E-state index is 10.5. The van der Waals surface area contributed by atoms with E-state index in [2.05, 4.69) is 21.4 Å². The summed E-state index contributed by atoms with van der Waals surface area (Å²) in [5.41, 5.74) is 2.11. The second-order valence-electron chi connectivity index (χ2n) is 2.37. The quantitative estimate of drug-likeness (QED) is 0.779. The van der Waals surface area contributed by atoms with E-state index in [1.165, 1.54) is 19.1 Å². The van der Waals surface area contributed by atoms with Gasteiger partial charge in [0.25, 0.3) is 0 Å². The number of rotatable bonds is 2. The largest absolute Gasteiger partial charge is 0.504 e. The molecule has 2 N–H and O–H groups in total. The van der Waals surface area contributed by atoms with Crippen LogP contribution in [-0.4, -0.2) is 11.0 Å². The summed E-state index contributed by atoms with van der Waals surface area (Å²) in [7, 11) is 0. The Kier molecular flexibility index (Phi) is 3.13. The molecule has 1 amide bonds. The van der Waals surface area contributed by atoms with Crippen molar-refractivity contribution in [3.8, 4) is 11.5 Å². The third-order valence-corrected chi connectivity index (χ3v) is 1.72. The third-order valence-electron chi connectivity index (χ3n) is 1.23. The van der Waals surface area contributed by atoms with Gasteiger partial charge in [-0.3, -0.25) is 4.79 Å². The lowest BCUT2D eigenvalue weighted by atomic mass is 10.3. The number of nitrogens with one attached hydrogen (secondary N) is 1. The third kappa shape index (κ3) is 2.95. The predicted octanol–water partition coefficient (Wildman–Crippen LogP) is 1.58. The molecule has 0 fully saturated rings. The van der Waals surface area contributed by atoms with Gasteiger partial charge in [0, 0.05) is 11.4 Å². The average molecular weight is 246 g/mol. The van der Waals surface area contributed by atoms with Crippen molar-refractivity contribution in [2.45, 2.75) is 6.92 Å². The highest BCUT2D eigenvalue weighted by Crippen LogP contribution is 2.28. The zero-order valence-corrected chi connectivity index (χ0v) is 8.46. The molecule has 0 bridgehead atoms. The van der Waals surface area contributed by atoms with Crippen LogP contribution in [0, 0.1) is 0 Å². The first-order valence-corrected chi connectivity index (χ1v) is 4.31. The van der Waals surface area contributed by atoms with Gasteiger partial charge in [0.05, 0.1) is 0 Å². The standard InChI is InChI=1S/C8H8BrNO3/c1-5(11)10-13-8-3-2-6(9)4-7(8)12/h2-4,12H,1H3,(H,10,11). The van der Waals surface area contributed by atoms with E-state index in [-0.39, 0.29) is 17.4 Å². The van der Waals surface area contributed by atoms with Crippen LogP contribution in [0.15, 0.2) is 22.7 Å². The van der Waals surface area contributed by atoms with Crippen molar-refractivity contribution in [2.24, 2.45) is 0 Å². The zero-order valence-electron chi connectivity index (χ0n) is 6.87. The predicted molar refractivity (Wildman–Crippen MR) is 50.3 cm³/mol. The van der Waals surface area contributed by atoms with Crippen LogP contribution in [0.25, 0.3) is 0 Å². The van der Waals surface area contributed by atoms with Gasteiger partial charge in [-0.15, -0.1) is 0 Å². The van der Waals surface area contributed by atoms with Crippen LogP contribution in [0.2, 0.25) is 0 Å². The molecule has 1 aromatic rings. The van der Waals surface area contributed by atoms with Gasteiger partial charge < -0.3 is 9.94 Å². The molecule has 1 rings (SSSR count). The summed E-state index contributed by atoms with van der Waals surface area (Å²) in [6, 6.07) is 4.70. The lowest BCUT2D eigenvalue weighted by molar-refractivity contribution is -0.125. The number of phenols is 1. The normalized spacial score (nSPS) is 9.38. The minimum atomic E-state index is -0.331. The number of benzene rings is 1. The van der Waals surface area contributed by atoms with E-state index in [0.717, 1.165) is 4.47 Å². The lowest BCUT2D eigenvalue weighted by Crippen LogP contribution is -2.23. The summed E-state index contributed by atoms with van der Waals surface area (Å²) in [6.45, 7) is 1.32. The Balaban J connectivity index is 2.72. The summed E-state index contributed by atoms with van der Waals surface area (Å²) < 4.78 is 0.736. The van der Waals surface area contributed by atoms with Gasteiger partial charge in [0.2, 0.25) is 5.91 Å². The van der Waals surface area contributed by atoms with Gasteiger partial charge in [0.1, 0.15) is 0 Å². The van der Waals surface area contributed by atoms with Gasteiger partial charge in [0.15, 0.2) is 11.5 Å². The number of hydroxylamine groups is 1. The molecule has 0 spiro atoms. The molecule has 0 atom stereocenters. The minimum absolute atomic E-state index is 0.0388. The van der Waals surface area contributed by atoms with Crippen LogP contribution in [0.3, 0.4) is 0 Å². The first kappa shape index (κ1) is 9.85. The van der Waals surface area contributed by atoms with Gasteiger partial charge in [-0.05, 0) is 18.2 Å². The molecule has 0 saturated carbocycles. The van der Waals surface area contributed by atoms with E-state index < -0.39 is 0 Å². The van der Waals surface area contributed by atoms with E-state index in [1.807, 2.05) is 0 Å². The Bertz CT molecular complexity index is 327. The molecule has 5 heteroatoms. The fraction of sp³-hybridized carbons (Fsp3) is 0.125. The highest BCUT2D eigenvalue weighted by atomic mass is 79.9. The minimum Gasteiger partial charge on any atom is -0.504 e. The highest BCUT2D eigenvalue weighted by Gasteiger charge is 2.03. The Morgan fingerprint density at radius 3 is 2.85 bits per heavy atom. The molecule has 0 aromatic heterocycles. The average Bonchev–Trinajstić information content (AvgIpc) is 2.02. The van der Waals surface area contributed by atoms with Crippen LogP contribution in [0.4, 0.5) is 0 Å². The second-order valence-corrected chi connectivity index (χ2v) is 3.29. The van der Waals surface area contributed by atoms with Crippen molar-refractivity contribution >= 4 is 21.8 Å². The summed E-state index contributed by atoms with van der Waals surface area (Å²) in [5, 5.41) is 9.30. The molecular weight excluding hydrogens is 238 g/mol. The molecule has 4 nitrogen and oxygen atoms in total. The van der Waals surface area contributed by atoms with Crippen LogP contribution in [0.1, 0.15) is 6.92 Å². The number of carbonyl (C=O) groups excluding carboxylic acids is 1. The number of halogens is 1. The van der Waals surface area contributed by atoms with Crippen LogP contribution >= 0.6 is 15.9 Å². The first-order chi connectivity index (χ1) is 6.09. The molecule has 0 heterocycles. The maximum Gasteiger partial charge on any atom is 0.249 e. The molecule has 0 aliphatic heterocycles. The van der Waals surface area contributed by atoms with Crippen molar-refractivity contribution in [3.05, 3.63) is 22.7 Å². The summed E-state index contributed by atoms with van der Waals surface area (Å²) >= 11 is 3.17. The Morgan fingerprint density at radius 1 is 1.62 bits per heavy atom. The summed E-state index contributed by atoms with van der Waals surface area (Å²) in [6.07, 6.45) is 0. The van der Waals surface area contributed by atoms with Crippen LogP contribution in [0.5, 0.6) is 11.5 Å². The van der Waals surface area contributed by atoms with Gasteiger partial charge in [-0.2, -0.15) is 5.48 Å². The van der Waals surface area contributed by atoms with E-state index >= 15 is 0 Å². The fourth-order valence-corrected chi connectivity index (χ4v) is 1.05. The monoisotopic (exact) mass is 245 g/mol. The Morgan fingerprint density at radius 2 is 2.31 bits per heavy atom. The fourth-order valence-electron chi connectivity index (χ4n) is 0.704. The van der Waals surface area contributed by atoms with E-state index in [4.69, 9.17) is 4.84 Å². The molecule has 0 radical (unpaired) electrons. The van der Waals surface area contributed by atoms with Crippen molar-refractivity contribution in [3.63, 3.8) is 0 Å². The molecule has 0 saturated heterocycles. The molecule has 0 unspecified atom stereocenters. The van der Waals surface area contributed by atoms with Crippen LogP contribution < -0.4 is 10.3 Å². The highest BCUT2D eigenvalue weighted by molar-refractivity contribution is 9.10. The number of hydrogen-bond acceptors (Lipinski definition) is 3. The topological polar surface area (TPSA) is 58.6 Å². The van der Waals surface area contributed by atoms with Crippen molar-refractivity contribution in [2.75, 3.05) is 0 Å². The molecule has 0 aliphatic carbocycles. The molecule has 0 aliphatic rings. The van der Waals surface area contributed by atoms with E-state index in [1.54, 1.807) is 6.07 Å². The Labute approximate surface area is 83.6 Å². The SMILES string of the molecule is CC(=O)NOc1ccc(Br)cc1O. The molecule has 13 heavy (non-hydrogen) atoms. The summed E-state index contributed by atoms with van der Waals surface area (Å²) in [4.78, 5) is 15.3. The van der Waals surface area contributed by atoms with Gasteiger partial charge in [-0.25, -0.2) is 0 Å². The Hall–Kier alpha value is -1.23. The summed E-state index contributed by atoms with van der Waals surface area (Å²) in [5.74, 6) is -0.163. The van der Waals surface area contributed by atoms with Crippen molar-refractivity contribution in [1.82, 2.24) is 5.48 Å². The maximum absolute atomic E-state index is 10.5. The second kappa shape index (κ2) is 4.13. The number of hydrogen-bond donors (Lipinski definition) is 2. The van der Waals surface area contributed by atoms with Crippen LogP contribution in [-0.2, 0) is 4.79 Å². The molecular formula is C8H8BrNO3. The van der Waals surface area contributed by atoms with Gasteiger partial charge in [-0.1, -0.05) is 15.9 Å². The number of carbonyl (C=O) groups is 1. The van der Waals surface area contributed by atoms with E-state index in [9.17, 15) is 9.90 Å². The zero-order chi connectivity index (χ0) is 9.84. The lowest BCUT2D eigenvalue weighted by Gasteiger charge is -2.06. The smallest absolute Gasteiger partial charge is 0.249 e. The number of amides is 1.